The third-order valence-corrected chi connectivity index (χ3v) is 7.52. The van der Waals surface area contributed by atoms with Gasteiger partial charge in [0.15, 0.2) is 0 Å². The van der Waals surface area contributed by atoms with E-state index in [0.717, 1.165) is 43.4 Å². The van der Waals surface area contributed by atoms with E-state index in [9.17, 15) is 4.79 Å². The van der Waals surface area contributed by atoms with Crippen LogP contribution in [0.2, 0.25) is 0 Å². The van der Waals surface area contributed by atoms with Gasteiger partial charge in [0.05, 0.1) is 0 Å². The highest BCUT2D eigenvalue weighted by Gasteiger charge is 2.32. The van der Waals surface area contributed by atoms with Gasteiger partial charge in [-0.15, -0.1) is 0 Å². The molecule has 0 unspecified atom stereocenters. The smallest absolute Gasteiger partial charge is 0.431 e. The maximum absolute atomic E-state index is 12.1. The van der Waals surface area contributed by atoms with Gasteiger partial charge in [-0.05, 0) is 76.0 Å². The van der Waals surface area contributed by atoms with Gasteiger partial charge in [-0.25, -0.2) is 4.79 Å². The summed E-state index contributed by atoms with van der Waals surface area (Å²) in [6, 6.07) is 0. The standard InChI is InChI=1S/C26H48O3/c1-4-6-8-10-11-21(3)28-26(27)29-25-19-17-24(18-20-25)23-15-13-22(14-16-23)12-9-7-5-2/h21-25H,4-20H2,1-3H3/t21-,22?,23?,24?,25?/m0/s1. The summed E-state index contributed by atoms with van der Waals surface area (Å²) < 4.78 is 11.1. The number of hydrogen-bond donors (Lipinski definition) is 0. The fourth-order valence-electron chi connectivity index (χ4n) is 5.55. The first kappa shape index (κ1) is 24.5. The molecule has 0 heterocycles. The molecule has 1 atom stereocenters. The van der Waals surface area contributed by atoms with Crippen LogP contribution in [0.3, 0.4) is 0 Å². The molecule has 0 aromatic carbocycles. The highest BCUT2D eigenvalue weighted by Crippen LogP contribution is 2.41. The zero-order valence-electron chi connectivity index (χ0n) is 19.6. The van der Waals surface area contributed by atoms with Crippen molar-refractivity contribution in [2.75, 3.05) is 0 Å². The molecule has 0 radical (unpaired) electrons. The zero-order chi connectivity index (χ0) is 20.9. The molecule has 0 bridgehead atoms. The lowest BCUT2D eigenvalue weighted by Crippen LogP contribution is -2.30. The highest BCUT2D eigenvalue weighted by atomic mass is 16.7. The maximum Gasteiger partial charge on any atom is 0.508 e. The van der Waals surface area contributed by atoms with E-state index in [2.05, 4.69) is 13.8 Å². The number of rotatable bonds is 12. The predicted octanol–water partition coefficient (Wildman–Crippen LogP) is 8.44. The largest absolute Gasteiger partial charge is 0.508 e. The minimum atomic E-state index is -0.441. The van der Waals surface area contributed by atoms with Crippen LogP contribution >= 0.6 is 0 Å². The van der Waals surface area contributed by atoms with Gasteiger partial charge in [0, 0.05) is 0 Å². The van der Waals surface area contributed by atoms with E-state index in [4.69, 9.17) is 9.47 Å². The molecule has 2 fully saturated rings. The molecule has 2 aliphatic carbocycles. The first-order valence-corrected chi connectivity index (χ1v) is 13.0. The lowest BCUT2D eigenvalue weighted by atomic mass is 9.70. The Kier molecular flexibility index (Phi) is 12.1. The van der Waals surface area contributed by atoms with Crippen LogP contribution in [0.5, 0.6) is 0 Å². The SMILES string of the molecule is CCCCCC[C@H](C)OC(=O)OC1CCC(C2CCC(CCCCC)CC2)CC1. The molecule has 0 spiro atoms. The van der Waals surface area contributed by atoms with E-state index in [1.165, 1.54) is 83.5 Å². The van der Waals surface area contributed by atoms with Crippen LogP contribution < -0.4 is 0 Å². The summed E-state index contributed by atoms with van der Waals surface area (Å²) >= 11 is 0. The summed E-state index contributed by atoms with van der Waals surface area (Å²) in [7, 11) is 0. The summed E-state index contributed by atoms with van der Waals surface area (Å²) in [5.74, 6) is 2.78. The quantitative estimate of drug-likeness (QED) is 0.240. The second-order valence-corrected chi connectivity index (χ2v) is 9.96. The van der Waals surface area contributed by atoms with Gasteiger partial charge >= 0.3 is 6.16 Å². The number of carbonyl (C=O) groups is 1. The Labute approximate surface area is 180 Å². The van der Waals surface area contributed by atoms with Crippen LogP contribution in [0.1, 0.15) is 130 Å². The zero-order valence-corrected chi connectivity index (χ0v) is 19.6. The highest BCUT2D eigenvalue weighted by molar-refractivity contribution is 5.60. The van der Waals surface area contributed by atoms with Crippen molar-refractivity contribution >= 4 is 6.16 Å². The first-order valence-electron chi connectivity index (χ1n) is 13.0. The van der Waals surface area contributed by atoms with Gasteiger partial charge in [0.25, 0.3) is 0 Å². The fraction of sp³-hybridized carbons (Fsp3) is 0.962. The molecule has 2 rings (SSSR count). The number of hydrogen-bond acceptors (Lipinski definition) is 3. The molecule has 0 saturated heterocycles. The molecule has 3 heteroatoms. The monoisotopic (exact) mass is 408 g/mol. The van der Waals surface area contributed by atoms with Crippen molar-refractivity contribution in [1.29, 1.82) is 0 Å². The van der Waals surface area contributed by atoms with E-state index in [1.807, 2.05) is 6.92 Å². The molecule has 0 amide bonds. The Bertz CT molecular complexity index is 420. The molecule has 0 aromatic rings. The van der Waals surface area contributed by atoms with Gasteiger partial charge in [0.2, 0.25) is 0 Å². The van der Waals surface area contributed by atoms with Crippen molar-refractivity contribution < 1.29 is 14.3 Å². The van der Waals surface area contributed by atoms with Crippen molar-refractivity contribution in [3.63, 3.8) is 0 Å². The van der Waals surface area contributed by atoms with Gasteiger partial charge < -0.3 is 9.47 Å². The Morgan fingerprint density at radius 1 is 0.793 bits per heavy atom. The lowest BCUT2D eigenvalue weighted by molar-refractivity contribution is -0.0174. The van der Waals surface area contributed by atoms with Crippen LogP contribution in [-0.4, -0.2) is 18.4 Å². The van der Waals surface area contributed by atoms with E-state index in [0.29, 0.717) is 0 Å². The first-order chi connectivity index (χ1) is 14.1. The Balaban J connectivity index is 1.56. The third kappa shape index (κ3) is 9.75. The van der Waals surface area contributed by atoms with Crippen molar-refractivity contribution in [1.82, 2.24) is 0 Å². The van der Waals surface area contributed by atoms with E-state index in [-0.39, 0.29) is 12.2 Å². The molecular weight excluding hydrogens is 360 g/mol. The second kappa shape index (κ2) is 14.3. The summed E-state index contributed by atoms with van der Waals surface area (Å²) in [4.78, 5) is 12.1. The van der Waals surface area contributed by atoms with Gasteiger partial charge in [-0.3, -0.25) is 0 Å². The predicted molar refractivity (Wildman–Crippen MR) is 121 cm³/mol. The van der Waals surface area contributed by atoms with Gasteiger partial charge in [0.1, 0.15) is 12.2 Å². The lowest BCUT2D eigenvalue weighted by Gasteiger charge is -2.37. The van der Waals surface area contributed by atoms with E-state index in [1.54, 1.807) is 0 Å². The van der Waals surface area contributed by atoms with Crippen molar-refractivity contribution in [2.45, 2.75) is 142 Å². The van der Waals surface area contributed by atoms with E-state index < -0.39 is 6.16 Å². The molecule has 2 saturated carbocycles. The van der Waals surface area contributed by atoms with Crippen LogP contribution in [0.15, 0.2) is 0 Å². The Hall–Kier alpha value is -0.730. The van der Waals surface area contributed by atoms with Gasteiger partial charge in [-0.1, -0.05) is 71.6 Å². The average Bonchev–Trinajstić information content (AvgIpc) is 2.72. The second-order valence-electron chi connectivity index (χ2n) is 9.96. The molecule has 0 aromatic heterocycles. The van der Waals surface area contributed by atoms with Gasteiger partial charge in [-0.2, -0.15) is 0 Å². The molecule has 170 valence electrons. The average molecular weight is 409 g/mol. The minimum Gasteiger partial charge on any atom is -0.431 e. The Morgan fingerprint density at radius 2 is 1.38 bits per heavy atom. The molecule has 0 aliphatic heterocycles. The molecule has 0 N–H and O–H groups in total. The summed E-state index contributed by atoms with van der Waals surface area (Å²) in [5.41, 5.74) is 0. The summed E-state index contributed by atoms with van der Waals surface area (Å²) in [5, 5.41) is 0. The van der Waals surface area contributed by atoms with Crippen LogP contribution in [-0.2, 0) is 9.47 Å². The number of carbonyl (C=O) groups excluding carboxylic acids is 1. The fourth-order valence-corrected chi connectivity index (χ4v) is 5.55. The maximum atomic E-state index is 12.1. The minimum absolute atomic E-state index is 0.0248. The molecule has 2 aliphatic rings. The van der Waals surface area contributed by atoms with Crippen LogP contribution in [0, 0.1) is 17.8 Å². The van der Waals surface area contributed by atoms with Crippen LogP contribution in [0.4, 0.5) is 4.79 Å². The summed E-state index contributed by atoms with van der Waals surface area (Å²) in [6.45, 7) is 6.50. The molecule has 29 heavy (non-hydrogen) atoms. The third-order valence-electron chi connectivity index (χ3n) is 7.52. The molecule has 3 nitrogen and oxygen atoms in total. The number of unbranched alkanes of at least 4 members (excludes halogenated alkanes) is 5. The normalized spacial score (nSPS) is 28.7. The van der Waals surface area contributed by atoms with Crippen molar-refractivity contribution in [3.05, 3.63) is 0 Å². The molecular formula is C26H48O3. The number of ether oxygens (including phenoxy) is 2. The van der Waals surface area contributed by atoms with E-state index >= 15 is 0 Å². The summed E-state index contributed by atoms with van der Waals surface area (Å²) in [6.07, 6.45) is 21.4. The topological polar surface area (TPSA) is 35.5 Å². The van der Waals surface area contributed by atoms with Crippen molar-refractivity contribution in [3.8, 4) is 0 Å². The van der Waals surface area contributed by atoms with Crippen LogP contribution in [0.25, 0.3) is 0 Å². The Morgan fingerprint density at radius 3 is 2.00 bits per heavy atom. The van der Waals surface area contributed by atoms with Crippen molar-refractivity contribution in [2.24, 2.45) is 17.8 Å².